The number of benzene rings is 7. The van der Waals surface area contributed by atoms with E-state index in [1.165, 1.54) is 97.1 Å². The quantitative estimate of drug-likeness (QED) is 0.171. The summed E-state index contributed by atoms with van der Waals surface area (Å²) in [4.78, 5) is 1.52. The smallest absolute Gasteiger partial charge is 0.0619 e. The highest BCUT2D eigenvalue weighted by Gasteiger charge is 2.20. The van der Waals surface area contributed by atoms with E-state index in [1.807, 2.05) is 11.3 Å². The molecular formula is C44H28N2S. The molecule has 10 aromatic rings. The Balaban J connectivity index is 1.19. The molecule has 0 unspecified atom stereocenters. The predicted molar refractivity (Wildman–Crippen MR) is 203 cm³/mol. The third-order valence-corrected chi connectivity index (χ3v) is 11.6. The number of nitrogens with zero attached hydrogens (tertiary/aromatic N) is 2. The standard InChI is InChI=1S/C44H28N2S/c1-5-13-38-30(9-1)31-10-2-6-14-39(31)45(38)28-19-21-29(22-20-28)46-40-15-7-3-11-32(40)35-26-25-34-36(43(35)46)23-17-27-18-24-37-33-12-4-8-16-41(33)47-44(37)42(27)34/h1-7,9-15,17-26H,8,16H2. The van der Waals surface area contributed by atoms with Gasteiger partial charge in [-0.2, -0.15) is 0 Å². The molecular weight excluding hydrogens is 589 g/mol. The summed E-state index contributed by atoms with van der Waals surface area (Å²) in [7, 11) is 0. The van der Waals surface area contributed by atoms with Crippen molar-refractivity contribution < 1.29 is 0 Å². The highest BCUT2D eigenvalue weighted by Crippen LogP contribution is 2.44. The van der Waals surface area contributed by atoms with Crippen molar-refractivity contribution in [1.82, 2.24) is 9.13 Å². The predicted octanol–water partition coefficient (Wildman–Crippen LogP) is 12.4. The Morgan fingerprint density at radius 2 is 1.00 bits per heavy atom. The van der Waals surface area contributed by atoms with Gasteiger partial charge in [0.05, 0.1) is 22.1 Å². The van der Waals surface area contributed by atoms with E-state index in [1.54, 1.807) is 0 Å². The van der Waals surface area contributed by atoms with Gasteiger partial charge >= 0.3 is 0 Å². The topological polar surface area (TPSA) is 9.86 Å². The second-order valence-corrected chi connectivity index (χ2v) is 13.9. The maximum atomic E-state index is 2.48. The minimum Gasteiger partial charge on any atom is -0.309 e. The molecule has 0 saturated carbocycles. The summed E-state index contributed by atoms with van der Waals surface area (Å²) >= 11 is 2.00. The molecule has 1 aliphatic carbocycles. The maximum absolute atomic E-state index is 2.48. The summed E-state index contributed by atoms with van der Waals surface area (Å²) in [5, 5.41) is 11.8. The van der Waals surface area contributed by atoms with Crippen LogP contribution in [0.4, 0.5) is 0 Å². The van der Waals surface area contributed by atoms with Crippen LogP contribution < -0.4 is 0 Å². The fraction of sp³-hybridized carbons (Fsp3) is 0.0455. The van der Waals surface area contributed by atoms with Gasteiger partial charge in [0.15, 0.2) is 0 Å². The largest absolute Gasteiger partial charge is 0.309 e. The average Bonchev–Trinajstić information content (AvgIpc) is 3.79. The van der Waals surface area contributed by atoms with Crippen molar-refractivity contribution in [2.24, 2.45) is 0 Å². The zero-order valence-corrected chi connectivity index (χ0v) is 26.4. The van der Waals surface area contributed by atoms with E-state index >= 15 is 0 Å². The molecule has 0 bridgehead atoms. The molecule has 0 amide bonds. The van der Waals surface area contributed by atoms with Crippen molar-refractivity contribution in [3.63, 3.8) is 0 Å². The number of hydrogen-bond donors (Lipinski definition) is 0. The second kappa shape index (κ2) is 9.45. The zero-order valence-electron chi connectivity index (χ0n) is 25.6. The third kappa shape index (κ3) is 3.44. The molecule has 0 radical (unpaired) electrons. The highest BCUT2D eigenvalue weighted by molar-refractivity contribution is 7.20. The van der Waals surface area contributed by atoms with Crippen molar-refractivity contribution in [3.8, 4) is 11.4 Å². The Bertz CT molecular complexity index is 2890. The molecule has 0 aliphatic heterocycles. The van der Waals surface area contributed by atoms with Gasteiger partial charge in [-0.1, -0.05) is 103 Å². The van der Waals surface area contributed by atoms with Crippen molar-refractivity contribution in [1.29, 1.82) is 0 Å². The van der Waals surface area contributed by atoms with E-state index in [-0.39, 0.29) is 0 Å². The minimum atomic E-state index is 1.13. The normalized spacial score (nSPS) is 13.3. The van der Waals surface area contributed by atoms with E-state index in [4.69, 9.17) is 0 Å². The molecule has 0 fully saturated rings. The van der Waals surface area contributed by atoms with Crippen LogP contribution in [-0.2, 0) is 6.42 Å². The molecule has 3 aromatic heterocycles. The number of aromatic nitrogens is 2. The Morgan fingerprint density at radius 3 is 1.70 bits per heavy atom. The van der Waals surface area contributed by atoms with Crippen LogP contribution in [-0.4, -0.2) is 9.13 Å². The van der Waals surface area contributed by atoms with Gasteiger partial charge in [0, 0.05) is 58.7 Å². The summed E-state index contributed by atoms with van der Waals surface area (Å²) in [6.45, 7) is 0. The molecule has 1 aliphatic rings. The lowest BCUT2D eigenvalue weighted by atomic mass is 9.96. The van der Waals surface area contributed by atoms with Gasteiger partial charge in [0.1, 0.15) is 0 Å². The maximum Gasteiger partial charge on any atom is 0.0619 e. The summed E-state index contributed by atoms with van der Waals surface area (Å²) in [5.41, 5.74) is 8.72. The zero-order chi connectivity index (χ0) is 30.6. The van der Waals surface area contributed by atoms with Crippen LogP contribution in [0.2, 0.25) is 0 Å². The lowest BCUT2D eigenvalue weighted by molar-refractivity contribution is 1.02. The SMILES string of the molecule is C1=Cc2c(sc3c2ccc2ccc4c(ccc5c6ccccc6n(-c6ccc(-n7c8ccccc8c8ccccc87)cc6)c45)c23)CC1. The Labute approximate surface area is 275 Å². The number of fused-ring (bicyclic) bond motifs is 14. The monoisotopic (exact) mass is 616 g/mol. The van der Waals surface area contributed by atoms with Crippen LogP contribution in [0.1, 0.15) is 16.9 Å². The molecule has 0 spiro atoms. The van der Waals surface area contributed by atoms with Crippen LogP contribution in [0.5, 0.6) is 0 Å². The molecule has 0 atom stereocenters. The van der Waals surface area contributed by atoms with Gasteiger partial charge in [-0.3, -0.25) is 0 Å². The first-order valence-corrected chi connectivity index (χ1v) is 17.2. The van der Waals surface area contributed by atoms with Crippen LogP contribution in [0.3, 0.4) is 0 Å². The molecule has 7 aromatic carbocycles. The number of para-hydroxylation sites is 3. The number of thiophene rings is 1. The van der Waals surface area contributed by atoms with Crippen LogP contribution in [0, 0.1) is 0 Å². The molecule has 0 saturated heterocycles. The highest BCUT2D eigenvalue weighted by atomic mass is 32.1. The van der Waals surface area contributed by atoms with Crippen molar-refractivity contribution >= 4 is 92.7 Å². The number of rotatable bonds is 2. The van der Waals surface area contributed by atoms with Crippen LogP contribution in [0.15, 0.2) is 140 Å². The lowest BCUT2D eigenvalue weighted by Crippen LogP contribution is -1.97. The molecule has 220 valence electrons. The van der Waals surface area contributed by atoms with E-state index in [9.17, 15) is 0 Å². The molecule has 3 heteroatoms. The summed E-state index contributed by atoms with van der Waals surface area (Å²) in [6.07, 6.45) is 6.94. The number of aryl methyl sites for hydroxylation is 1. The molecule has 47 heavy (non-hydrogen) atoms. The van der Waals surface area contributed by atoms with Gasteiger partial charge in [0.2, 0.25) is 0 Å². The van der Waals surface area contributed by atoms with E-state index in [0.29, 0.717) is 0 Å². The molecule has 11 rings (SSSR count). The van der Waals surface area contributed by atoms with Gasteiger partial charge in [0.25, 0.3) is 0 Å². The summed E-state index contributed by atoms with van der Waals surface area (Å²) in [5.74, 6) is 0. The van der Waals surface area contributed by atoms with Crippen molar-refractivity contribution in [2.75, 3.05) is 0 Å². The first kappa shape index (κ1) is 25.5. The average molecular weight is 617 g/mol. The van der Waals surface area contributed by atoms with Gasteiger partial charge in [-0.05, 0) is 71.6 Å². The molecule has 3 heterocycles. The Morgan fingerprint density at radius 1 is 0.468 bits per heavy atom. The van der Waals surface area contributed by atoms with Gasteiger partial charge in [-0.15, -0.1) is 11.3 Å². The Kier molecular flexibility index (Phi) is 5.13. The number of hydrogen-bond acceptors (Lipinski definition) is 1. The van der Waals surface area contributed by atoms with E-state index in [2.05, 4.69) is 155 Å². The van der Waals surface area contributed by atoms with Crippen LogP contribution in [0.25, 0.3) is 92.7 Å². The summed E-state index contributed by atoms with van der Waals surface area (Å²) < 4.78 is 6.29. The van der Waals surface area contributed by atoms with Gasteiger partial charge in [-0.25, -0.2) is 0 Å². The first-order chi connectivity index (χ1) is 23.3. The lowest BCUT2D eigenvalue weighted by Gasteiger charge is -2.13. The first-order valence-electron chi connectivity index (χ1n) is 16.4. The van der Waals surface area contributed by atoms with Gasteiger partial charge < -0.3 is 9.13 Å². The van der Waals surface area contributed by atoms with Crippen molar-refractivity contribution in [3.05, 3.63) is 150 Å². The van der Waals surface area contributed by atoms with Crippen LogP contribution >= 0.6 is 11.3 Å². The van der Waals surface area contributed by atoms with E-state index in [0.717, 1.165) is 12.8 Å². The molecule has 2 nitrogen and oxygen atoms in total. The van der Waals surface area contributed by atoms with E-state index < -0.39 is 0 Å². The number of allylic oxidation sites excluding steroid dienone is 1. The third-order valence-electron chi connectivity index (χ3n) is 10.3. The molecule has 0 N–H and O–H groups in total. The minimum absolute atomic E-state index is 1.13. The Hall–Kier alpha value is -5.64. The fourth-order valence-corrected chi connectivity index (χ4v) is 9.68. The second-order valence-electron chi connectivity index (χ2n) is 12.8. The summed E-state index contributed by atoms with van der Waals surface area (Å²) in [6, 6.07) is 49.5. The fourth-order valence-electron chi connectivity index (χ4n) is 8.31. The van der Waals surface area contributed by atoms with Crippen molar-refractivity contribution in [2.45, 2.75) is 12.8 Å².